The molecule has 2 heterocycles. The van der Waals surface area contributed by atoms with Crippen molar-refractivity contribution in [3.63, 3.8) is 0 Å². The molecule has 1 fully saturated rings. The standard InChI is InChI=1S/C24H17Cl3N2O4/c1-12-16(26)4-3-5-18(12)29-20(13-6-8-28-9-7-13)19(22(31)24(29)32)21(30)15-10-14(25)11-17(27)23(15)33-2/h3-11,20,30H,1-2H3/b21-19+. The van der Waals surface area contributed by atoms with E-state index in [9.17, 15) is 14.7 Å². The number of pyridine rings is 1. The van der Waals surface area contributed by atoms with Gasteiger partial charge >= 0.3 is 0 Å². The Kier molecular flexibility index (Phi) is 6.34. The van der Waals surface area contributed by atoms with Gasteiger partial charge < -0.3 is 9.84 Å². The van der Waals surface area contributed by atoms with Crippen LogP contribution >= 0.6 is 34.8 Å². The van der Waals surface area contributed by atoms with Crippen LogP contribution in [0.2, 0.25) is 15.1 Å². The van der Waals surface area contributed by atoms with Crippen LogP contribution in [0.15, 0.2) is 60.4 Å². The third-order valence-electron chi connectivity index (χ3n) is 5.43. The number of nitrogens with zero attached hydrogens (tertiary/aromatic N) is 2. The molecular weight excluding hydrogens is 487 g/mol. The van der Waals surface area contributed by atoms with Gasteiger partial charge in [0, 0.05) is 28.1 Å². The summed E-state index contributed by atoms with van der Waals surface area (Å²) in [5, 5.41) is 12.1. The van der Waals surface area contributed by atoms with Crippen LogP contribution in [-0.2, 0) is 9.59 Å². The third-order valence-corrected chi connectivity index (χ3v) is 6.34. The largest absolute Gasteiger partial charge is 0.507 e. The van der Waals surface area contributed by atoms with Gasteiger partial charge in [0.2, 0.25) is 0 Å². The maximum Gasteiger partial charge on any atom is 0.300 e. The Morgan fingerprint density at radius 3 is 2.42 bits per heavy atom. The molecule has 6 nitrogen and oxygen atoms in total. The molecule has 1 atom stereocenters. The van der Waals surface area contributed by atoms with Gasteiger partial charge in [0.15, 0.2) is 0 Å². The Bertz CT molecular complexity index is 1310. The minimum Gasteiger partial charge on any atom is -0.507 e. The number of methoxy groups -OCH3 is 1. The van der Waals surface area contributed by atoms with Gasteiger partial charge in [-0.1, -0.05) is 40.9 Å². The Morgan fingerprint density at radius 1 is 1.06 bits per heavy atom. The molecule has 33 heavy (non-hydrogen) atoms. The molecule has 9 heteroatoms. The number of aromatic nitrogens is 1. The normalized spacial score (nSPS) is 17.5. The topological polar surface area (TPSA) is 79.7 Å². The number of amides is 1. The van der Waals surface area contributed by atoms with Gasteiger partial charge in [-0.05, 0) is 54.4 Å². The number of benzene rings is 2. The molecule has 1 unspecified atom stereocenters. The lowest BCUT2D eigenvalue weighted by Gasteiger charge is -2.27. The third kappa shape index (κ3) is 3.95. The molecule has 1 aliphatic rings. The maximum absolute atomic E-state index is 13.3. The lowest BCUT2D eigenvalue weighted by Crippen LogP contribution is -2.30. The van der Waals surface area contributed by atoms with Crippen LogP contribution in [0.1, 0.15) is 22.7 Å². The Morgan fingerprint density at radius 2 is 1.76 bits per heavy atom. The highest BCUT2D eigenvalue weighted by Gasteiger charge is 2.47. The first-order chi connectivity index (χ1) is 15.8. The molecular formula is C24H17Cl3N2O4. The van der Waals surface area contributed by atoms with E-state index in [0.29, 0.717) is 21.8 Å². The summed E-state index contributed by atoms with van der Waals surface area (Å²) in [6.45, 7) is 1.75. The van der Waals surface area contributed by atoms with Crippen LogP contribution in [0.4, 0.5) is 5.69 Å². The average Bonchev–Trinajstić information content (AvgIpc) is 3.06. The summed E-state index contributed by atoms with van der Waals surface area (Å²) in [5.74, 6) is -2.02. The zero-order valence-electron chi connectivity index (χ0n) is 17.5. The number of aliphatic hydroxyl groups is 1. The predicted octanol–water partition coefficient (Wildman–Crippen LogP) is 5.99. The summed E-state index contributed by atoms with van der Waals surface area (Å²) in [4.78, 5) is 31.9. The van der Waals surface area contributed by atoms with Gasteiger partial charge in [0.1, 0.15) is 11.5 Å². The zero-order chi connectivity index (χ0) is 23.9. The second kappa shape index (κ2) is 9.06. The van der Waals surface area contributed by atoms with Crippen molar-refractivity contribution in [2.45, 2.75) is 13.0 Å². The van der Waals surface area contributed by atoms with Gasteiger partial charge in [0.25, 0.3) is 11.7 Å². The number of halogens is 3. The first kappa shape index (κ1) is 23.1. The molecule has 0 radical (unpaired) electrons. The second-order valence-corrected chi connectivity index (χ2v) is 8.55. The second-order valence-electron chi connectivity index (χ2n) is 7.30. The van der Waals surface area contributed by atoms with Crippen molar-refractivity contribution in [1.29, 1.82) is 0 Å². The molecule has 2 aromatic carbocycles. The molecule has 0 aliphatic carbocycles. The molecule has 1 aliphatic heterocycles. The van der Waals surface area contributed by atoms with E-state index in [1.165, 1.54) is 36.5 Å². The monoisotopic (exact) mass is 502 g/mol. The molecule has 1 aromatic heterocycles. The summed E-state index contributed by atoms with van der Waals surface area (Å²) in [5.41, 5.74) is 1.58. The van der Waals surface area contributed by atoms with Crippen LogP contribution in [0, 0.1) is 6.92 Å². The summed E-state index contributed by atoms with van der Waals surface area (Å²) < 4.78 is 5.34. The number of rotatable bonds is 4. The van der Waals surface area contributed by atoms with E-state index < -0.39 is 23.5 Å². The SMILES string of the molecule is COc1c(Cl)cc(Cl)cc1/C(O)=C1\C(=O)C(=O)N(c2cccc(Cl)c2C)C1c1ccncc1. The lowest BCUT2D eigenvalue weighted by atomic mass is 9.95. The van der Waals surface area contributed by atoms with E-state index in [1.54, 1.807) is 37.3 Å². The predicted molar refractivity (Wildman–Crippen MR) is 128 cm³/mol. The van der Waals surface area contributed by atoms with E-state index in [-0.39, 0.29) is 26.9 Å². The van der Waals surface area contributed by atoms with E-state index in [4.69, 9.17) is 39.5 Å². The first-order valence-electron chi connectivity index (χ1n) is 9.75. The van der Waals surface area contributed by atoms with Crippen molar-refractivity contribution in [1.82, 2.24) is 4.98 Å². The summed E-state index contributed by atoms with van der Waals surface area (Å²) in [7, 11) is 1.38. The van der Waals surface area contributed by atoms with Crippen LogP contribution in [0.3, 0.4) is 0 Å². The van der Waals surface area contributed by atoms with Crippen molar-refractivity contribution < 1.29 is 19.4 Å². The fourth-order valence-corrected chi connectivity index (χ4v) is 4.63. The summed E-state index contributed by atoms with van der Waals surface area (Å²) in [6.07, 6.45) is 3.08. The van der Waals surface area contributed by atoms with Crippen molar-refractivity contribution in [3.05, 3.63) is 92.2 Å². The van der Waals surface area contributed by atoms with Crippen LogP contribution < -0.4 is 9.64 Å². The van der Waals surface area contributed by atoms with Gasteiger partial charge in [-0.15, -0.1) is 0 Å². The quantitative estimate of drug-likeness (QED) is 0.269. The number of ketones is 1. The van der Waals surface area contributed by atoms with Crippen LogP contribution in [0.5, 0.6) is 5.75 Å². The van der Waals surface area contributed by atoms with Crippen LogP contribution in [0.25, 0.3) is 5.76 Å². The minimum atomic E-state index is -0.951. The molecule has 0 saturated carbocycles. The number of hydrogen-bond acceptors (Lipinski definition) is 5. The number of carbonyl (C=O) groups excluding carboxylic acids is 2. The van der Waals surface area contributed by atoms with Crippen molar-refractivity contribution >= 4 is 57.9 Å². The Labute approximate surface area is 205 Å². The fraction of sp³-hybridized carbons (Fsp3) is 0.125. The van der Waals surface area contributed by atoms with Gasteiger partial charge in [0.05, 0.1) is 29.3 Å². The van der Waals surface area contributed by atoms with Gasteiger partial charge in [-0.2, -0.15) is 0 Å². The molecule has 168 valence electrons. The lowest BCUT2D eigenvalue weighted by molar-refractivity contribution is -0.132. The van der Waals surface area contributed by atoms with Crippen molar-refractivity contribution in [3.8, 4) is 5.75 Å². The molecule has 3 aromatic rings. The van der Waals surface area contributed by atoms with Crippen molar-refractivity contribution in [2.75, 3.05) is 12.0 Å². The number of aliphatic hydroxyl groups excluding tert-OH is 1. The average molecular weight is 504 g/mol. The van der Waals surface area contributed by atoms with E-state index in [2.05, 4.69) is 4.98 Å². The summed E-state index contributed by atoms with van der Waals surface area (Å²) >= 11 is 18.7. The number of ether oxygens (including phenoxy) is 1. The fourth-order valence-electron chi connectivity index (χ4n) is 3.89. The van der Waals surface area contributed by atoms with Crippen molar-refractivity contribution in [2.24, 2.45) is 0 Å². The number of carbonyl (C=O) groups is 2. The molecule has 0 bridgehead atoms. The van der Waals surface area contributed by atoms with E-state index >= 15 is 0 Å². The molecule has 1 N–H and O–H groups in total. The maximum atomic E-state index is 13.3. The highest BCUT2D eigenvalue weighted by molar-refractivity contribution is 6.52. The Balaban J connectivity index is 2.03. The highest BCUT2D eigenvalue weighted by Crippen LogP contribution is 2.46. The smallest absolute Gasteiger partial charge is 0.300 e. The van der Waals surface area contributed by atoms with Gasteiger partial charge in [-0.25, -0.2) is 0 Å². The molecule has 0 spiro atoms. The van der Waals surface area contributed by atoms with E-state index in [1.807, 2.05) is 0 Å². The van der Waals surface area contributed by atoms with Gasteiger partial charge in [-0.3, -0.25) is 19.5 Å². The molecule has 4 rings (SSSR count). The van der Waals surface area contributed by atoms with E-state index in [0.717, 1.165) is 0 Å². The zero-order valence-corrected chi connectivity index (χ0v) is 19.7. The Hall–Kier alpha value is -3.06. The molecule has 1 saturated heterocycles. The highest BCUT2D eigenvalue weighted by atomic mass is 35.5. The van der Waals surface area contributed by atoms with Crippen LogP contribution in [-0.4, -0.2) is 28.9 Å². The number of hydrogen-bond donors (Lipinski definition) is 1. The molecule has 1 amide bonds. The summed E-state index contributed by atoms with van der Waals surface area (Å²) in [6, 6.07) is 10.3. The number of anilines is 1. The minimum absolute atomic E-state index is 0.0925. The first-order valence-corrected chi connectivity index (χ1v) is 10.9. The number of Topliss-reactive ketones (excluding diaryl/α,β-unsaturated/α-hetero) is 1.